The number of hydrogen-bond acceptors (Lipinski definition) is 6. The number of methoxy groups -OCH3 is 1. The number of alkyl halides is 3. The first kappa shape index (κ1) is 21.0. The van der Waals surface area contributed by atoms with Gasteiger partial charge in [-0.15, -0.1) is 0 Å². The van der Waals surface area contributed by atoms with Crippen molar-refractivity contribution in [2.24, 2.45) is 0 Å². The number of hydrogen-bond donors (Lipinski definition) is 2. The highest BCUT2D eigenvalue weighted by molar-refractivity contribution is 5.91. The smallest absolute Gasteiger partial charge is 0.441 e. The fourth-order valence-electron chi connectivity index (χ4n) is 2.19. The first-order valence-corrected chi connectivity index (χ1v) is 8.03. The van der Waals surface area contributed by atoms with Crippen molar-refractivity contribution in [3.63, 3.8) is 0 Å². The number of ether oxygens (including phenoxy) is 2. The molecule has 2 aromatic rings. The van der Waals surface area contributed by atoms with Crippen LogP contribution in [-0.2, 0) is 14.3 Å². The molecule has 7 nitrogen and oxygen atoms in total. The Balaban J connectivity index is 2.27. The number of aryl methyl sites for hydroxylation is 1. The predicted octanol–water partition coefficient (Wildman–Crippen LogP) is 2.43. The van der Waals surface area contributed by atoms with Crippen LogP contribution in [0.15, 0.2) is 48.7 Å². The summed E-state index contributed by atoms with van der Waals surface area (Å²) in [6, 6.07) is 10.8. The lowest BCUT2D eigenvalue weighted by atomic mass is 10.1. The van der Waals surface area contributed by atoms with E-state index in [4.69, 9.17) is 4.74 Å². The highest BCUT2D eigenvalue weighted by Crippen LogP contribution is 2.32. The van der Waals surface area contributed by atoms with Crippen LogP contribution in [0.3, 0.4) is 0 Å². The van der Waals surface area contributed by atoms with Crippen molar-refractivity contribution in [1.29, 1.82) is 0 Å². The topological polar surface area (TPSA) is 89.5 Å². The van der Waals surface area contributed by atoms with Crippen LogP contribution in [0.4, 0.5) is 19.0 Å². The second-order valence-corrected chi connectivity index (χ2v) is 5.74. The number of carbonyl (C=O) groups excluding carboxylic acids is 2. The van der Waals surface area contributed by atoms with Gasteiger partial charge >= 0.3 is 17.8 Å². The zero-order valence-corrected chi connectivity index (χ0v) is 15.0. The molecule has 0 spiro atoms. The lowest BCUT2D eigenvalue weighted by Crippen LogP contribution is -2.69. The van der Waals surface area contributed by atoms with E-state index in [0.29, 0.717) is 5.56 Å². The fraction of sp³-hybridized carbons (Fsp3) is 0.278. The molecule has 0 fully saturated rings. The average Bonchev–Trinajstić information content (AvgIpc) is 2.66. The standard InChI is InChI=1S/C18H18F3N3O4/c1-12-8-9-14(22-10-12)23-17(16(26)27-2,18(19,20)21)24-15(25)11-28-13-6-4-3-5-7-13/h3-10H,11H2,1-2H3,(H,22,23)(H,24,25)/t17-/m1/s1. The minimum atomic E-state index is -5.24. The Bertz CT molecular complexity index is 813. The molecular formula is C18H18F3N3O4. The first-order valence-electron chi connectivity index (χ1n) is 8.03. The number of nitrogens with zero attached hydrogens (tertiary/aromatic N) is 1. The highest BCUT2D eigenvalue weighted by atomic mass is 19.4. The molecule has 10 heteroatoms. The van der Waals surface area contributed by atoms with E-state index >= 15 is 0 Å². The van der Waals surface area contributed by atoms with E-state index in [2.05, 4.69) is 9.72 Å². The number of para-hydroxylation sites is 1. The van der Waals surface area contributed by atoms with Gasteiger partial charge in [0.2, 0.25) is 0 Å². The van der Waals surface area contributed by atoms with Crippen LogP contribution in [-0.4, -0.2) is 42.4 Å². The van der Waals surface area contributed by atoms with Gasteiger partial charge in [0, 0.05) is 6.20 Å². The molecule has 2 rings (SSSR count). The number of aromatic nitrogens is 1. The van der Waals surface area contributed by atoms with Crippen molar-refractivity contribution in [1.82, 2.24) is 10.3 Å². The Morgan fingerprint density at radius 1 is 1.11 bits per heavy atom. The minimum Gasteiger partial charge on any atom is -0.484 e. The first-order chi connectivity index (χ1) is 13.2. The Morgan fingerprint density at radius 2 is 1.79 bits per heavy atom. The number of esters is 1. The van der Waals surface area contributed by atoms with Crippen LogP contribution >= 0.6 is 0 Å². The second kappa shape index (κ2) is 8.59. The lowest BCUT2D eigenvalue weighted by molar-refractivity contribution is -0.206. The van der Waals surface area contributed by atoms with Crippen LogP contribution in [0.5, 0.6) is 5.75 Å². The molecular weight excluding hydrogens is 379 g/mol. The second-order valence-electron chi connectivity index (χ2n) is 5.74. The molecule has 0 saturated carbocycles. The summed E-state index contributed by atoms with van der Waals surface area (Å²) in [6.45, 7) is 0.943. The van der Waals surface area contributed by atoms with E-state index in [1.807, 2.05) is 5.32 Å². The summed E-state index contributed by atoms with van der Waals surface area (Å²) in [5.74, 6) is -2.94. The molecule has 0 unspecified atom stereocenters. The van der Waals surface area contributed by atoms with Crippen molar-refractivity contribution in [2.75, 3.05) is 19.0 Å². The van der Waals surface area contributed by atoms with Gasteiger partial charge in [0.25, 0.3) is 5.91 Å². The highest BCUT2D eigenvalue weighted by Gasteiger charge is 2.63. The SMILES string of the molecule is COC(=O)[C@](NC(=O)COc1ccccc1)(Nc1ccc(C)cn1)C(F)(F)F. The van der Waals surface area contributed by atoms with Gasteiger partial charge in [-0.3, -0.25) is 4.79 Å². The van der Waals surface area contributed by atoms with Crippen LogP contribution in [0.2, 0.25) is 0 Å². The van der Waals surface area contributed by atoms with Gasteiger partial charge in [0.05, 0.1) is 7.11 Å². The average molecular weight is 397 g/mol. The molecule has 0 aliphatic carbocycles. The molecule has 0 bridgehead atoms. The summed E-state index contributed by atoms with van der Waals surface area (Å²) >= 11 is 0. The van der Waals surface area contributed by atoms with Crippen molar-refractivity contribution in [3.8, 4) is 5.75 Å². The van der Waals surface area contributed by atoms with Crippen molar-refractivity contribution in [3.05, 3.63) is 54.2 Å². The van der Waals surface area contributed by atoms with Gasteiger partial charge in [-0.1, -0.05) is 24.3 Å². The summed E-state index contributed by atoms with van der Waals surface area (Å²) < 4.78 is 51.0. The zero-order valence-electron chi connectivity index (χ0n) is 15.0. The third kappa shape index (κ3) is 4.90. The quantitative estimate of drug-likeness (QED) is 0.551. The molecule has 28 heavy (non-hydrogen) atoms. The number of rotatable bonds is 7. The molecule has 0 saturated heterocycles. The summed E-state index contributed by atoms with van der Waals surface area (Å²) in [6.07, 6.45) is -3.93. The van der Waals surface area contributed by atoms with E-state index in [1.54, 1.807) is 30.4 Å². The Labute approximate surface area is 158 Å². The summed E-state index contributed by atoms with van der Waals surface area (Å²) in [5, 5.41) is 3.58. The van der Waals surface area contributed by atoms with E-state index in [1.165, 1.54) is 30.5 Å². The Hall–Kier alpha value is -3.30. The fourth-order valence-corrected chi connectivity index (χ4v) is 2.19. The number of benzene rings is 1. The normalized spacial score (nSPS) is 13.2. The lowest BCUT2D eigenvalue weighted by Gasteiger charge is -2.34. The molecule has 1 amide bonds. The maximum atomic E-state index is 13.9. The number of halogens is 3. The number of nitrogens with one attached hydrogen (secondary N) is 2. The largest absolute Gasteiger partial charge is 0.484 e. The summed E-state index contributed by atoms with van der Waals surface area (Å²) in [4.78, 5) is 28.0. The molecule has 1 aromatic carbocycles. The minimum absolute atomic E-state index is 0.279. The maximum Gasteiger partial charge on any atom is 0.441 e. The maximum absolute atomic E-state index is 13.9. The van der Waals surface area contributed by atoms with E-state index < -0.39 is 30.3 Å². The Kier molecular flexibility index (Phi) is 6.45. The van der Waals surface area contributed by atoms with Gasteiger partial charge in [-0.05, 0) is 30.7 Å². The van der Waals surface area contributed by atoms with Crippen molar-refractivity contribution in [2.45, 2.75) is 18.8 Å². The van der Waals surface area contributed by atoms with Gasteiger partial charge in [0.15, 0.2) is 6.61 Å². The molecule has 1 atom stereocenters. The number of anilines is 1. The third-order valence-corrected chi connectivity index (χ3v) is 3.58. The van der Waals surface area contributed by atoms with Crippen LogP contribution < -0.4 is 15.4 Å². The predicted molar refractivity (Wildman–Crippen MR) is 93.5 cm³/mol. The summed E-state index contributed by atoms with van der Waals surface area (Å²) in [5.41, 5.74) is -2.84. The van der Waals surface area contributed by atoms with Crippen molar-refractivity contribution < 1.29 is 32.2 Å². The number of carbonyl (C=O) groups is 2. The van der Waals surface area contributed by atoms with Crippen LogP contribution in [0.1, 0.15) is 5.56 Å². The molecule has 1 aromatic heterocycles. The van der Waals surface area contributed by atoms with Gasteiger partial charge in [-0.25, -0.2) is 9.78 Å². The molecule has 2 N–H and O–H groups in total. The van der Waals surface area contributed by atoms with Gasteiger partial charge < -0.3 is 20.1 Å². The molecule has 0 aliphatic heterocycles. The van der Waals surface area contributed by atoms with Crippen molar-refractivity contribution >= 4 is 17.7 Å². The molecule has 1 heterocycles. The zero-order chi connectivity index (χ0) is 20.8. The number of amides is 1. The summed E-state index contributed by atoms with van der Waals surface area (Å²) in [7, 11) is 0.777. The molecule has 0 radical (unpaired) electrons. The Morgan fingerprint density at radius 3 is 2.32 bits per heavy atom. The third-order valence-electron chi connectivity index (χ3n) is 3.58. The van der Waals surface area contributed by atoms with Crippen LogP contribution in [0, 0.1) is 6.92 Å². The van der Waals surface area contributed by atoms with Gasteiger partial charge in [-0.2, -0.15) is 13.2 Å². The molecule has 150 valence electrons. The van der Waals surface area contributed by atoms with E-state index in [9.17, 15) is 22.8 Å². The van der Waals surface area contributed by atoms with E-state index in [0.717, 1.165) is 7.11 Å². The number of pyridine rings is 1. The van der Waals surface area contributed by atoms with Gasteiger partial charge in [0.1, 0.15) is 11.6 Å². The van der Waals surface area contributed by atoms with E-state index in [-0.39, 0.29) is 11.6 Å². The monoisotopic (exact) mass is 397 g/mol. The van der Waals surface area contributed by atoms with Crippen LogP contribution in [0.25, 0.3) is 0 Å². The molecule has 0 aliphatic rings.